The number of carbonyl (C=O) groups is 1. The Morgan fingerprint density at radius 3 is 2.85 bits per heavy atom. The largest absolute Gasteiger partial charge is 0.468 e. The van der Waals surface area contributed by atoms with Crippen LogP contribution in [0.25, 0.3) is 0 Å². The molecule has 0 bridgehead atoms. The van der Waals surface area contributed by atoms with Gasteiger partial charge in [0.15, 0.2) is 0 Å². The predicted octanol–water partition coefficient (Wildman–Crippen LogP) is 1.36. The molecule has 0 rings (SSSR count). The summed E-state index contributed by atoms with van der Waals surface area (Å²) < 4.78 is 4.47. The minimum atomic E-state index is -0.527. The maximum absolute atomic E-state index is 10.8. The van der Waals surface area contributed by atoms with E-state index in [0.29, 0.717) is 17.2 Å². The van der Waals surface area contributed by atoms with Gasteiger partial charge in [0.25, 0.3) is 0 Å². The Balaban J connectivity index is 3.42. The van der Waals surface area contributed by atoms with Gasteiger partial charge in [0.1, 0.15) is 6.04 Å². The normalized spacial score (nSPS) is 12.2. The van der Waals surface area contributed by atoms with Crippen LogP contribution >= 0.6 is 23.4 Å². The van der Waals surface area contributed by atoms with Gasteiger partial charge >= 0.3 is 5.97 Å². The number of ether oxygens (including phenoxy) is 1. The molecule has 0 aliphatic heterocycles. The number of halogens is 1. The van der Waals surface area contributed by atoms with Crippen molar-refractivity contribution in [1.82, 2.24) is 0 Å². The summed E-state index contributed by atoms with van der Waals surface area (Å²) in [7, 11) is 1.33. The van der Waals surface area contributed by atoms with Crippen LogP contribution in [0.3, 0.4) is 0 Å². The fourth-order valence-corrected chi connectivity index (χ4v) is 1.68. The van der Waals surface area contributed by atoms with Crippen LogP contribution in [0.2, 0.25) is 0 Å². The third-order valence-corrected chi connectivity index (χ3v) is 2.70. The molecule has 0 aromatic heterocycles. The van der Waals surface area contributed by atoms with Gasteiger partial charge in [0, 0.05) is 10.8 Å². The van der Waals surface area contributed by atoms with E-state index in [1.165, 1.54) is 7.11 Å². The number of methoxy groups -OCH3 is 1. The molecule has 2 N–H and O–H groups in total. The molecular weight excluding hydrogens is 210 g/mol. The lowest BCUT2D eigenvalue weighted by Crippen LogP contribution is -2.32. The van der Waals surface area contributed by atoms with Gasteiger partial charge in [-0.2, -0.15) is 11.8 Å². The zero-order valence-electron chi connectivity index (χ0n) is 7.59. The second-order valence-electron chi connectivity index (χ2n) is 2.49. The molecule has 13 heavy (non-hydrogen) atoms. The van der Waals surface area contributed by atoms with Gasteiger partial charge in [-0.15, -0.1) is 0 Å². The number of rotatable bonds is 6. The molecule has 1 atom stereocenters. The van der Waals surface area contributed by atoms with E-state index in [9.17, 15) is 4.79 Å². The summed E-state index contributed by atoms with van der Waals surface area (Å²) in [4.78, 5) is 10.8. The molecule has 0 aromatic carbocycles. The van der Waals surface area contributed by atoms with Crippen LogP contribution in [0.5, 0.6) is 0 Å². The molecule has 0 fully saturated rings. The van der Waals surface area contributed by atoms with E-state index in [2.05, 4.69) is 11.3 Å². The summed E-state index contributed by atoms with van der Waals surface area (Å²) in [6.45, 7) is 3.54. The van der Waals surface area contributed by atoms with E-state index in [0.717, 1.165) is 5.75 Å². The first-order chi connectivity index (χ1) is 6.07. The van der Waals surface area contributed by atoms with E-state index in [1.54, 1.807) is 11.8 Å². The van der Waals surface area contributed by atoms with E-state index < -0.39 is 6.04 Å². The second kappa shape index (κ2) is 7.24. The average molecular weight is 224 g/mol. The van der Waals surface area contributed by atoms with Gasteiger partial charge in [-0.25, -0.2) is 0 Å². The molecule has 0 aliphatic carbocycles. The fourth-order valence-electron chi connectivity index (χ4n) is 0.662. The highest BCUT2D eigenvalue weighted by atomic mass is 35.5. The van der Waals surface area contributed by atoms with E-state index in [4.69, 9.17) is 17.3 Å². The second-order valence-corrected chi connectivity index (χ2v) is 4.13. The number of thioether (sulfide) groups is 1. The standard InChI is InChI=1S/C8H14ClNO2S/c1-6(9)5-13-4-3-7(10)8(11)12-2/h7H,1,3-5,10H2,2H3. The fraction of sp³-hybridized carbons (Fsp3) is 0.625. The molecular formula is C8H14ClNO2S. The smallest absolute Gasteiger partial charge is 0.322 e. The lowest BCUT2D eigenvalue weighted by atomic mass is 10.2. The predicted molar refractivity (Wildman–Crippen MR) is 56.9 cm³/mol. The Hall–Kier alpha value is -0.190. The van der Waals surface area contributed by atoms with Crippen molar-refractivity contribution in [1.29, 1.82) is 0 Å². The third kappa shape index (κ3) is 6.93. The summed E-state index contributed by atoms with van der Waals surface area (Å²) in [5.74, 6) is 1.10. The summed E-state index contributed by atoms with van der Waals surface area (Å²) >= 11 is 7.14. The van der Waals surface area contributed by atoms with Gasteiger partial charge in [-0.3, -0.25) is 4.79 Å². The van der Waals surface area contributed by atoms with Crippen molar-refractivity contribution in [2.75, 3.05) is 18.6 Å². The number of hydrogen-bond donors (Lipinski definition) is 1. The SMILES string of the molecule is C=C(Cl)CSCCC(N)C(=O)OC. The topological polar surface area (TPSA) is 52.3 Å². The van der Waals surface area contributed by atoms with E-state index in [1.807, 2.05) is 0 Å². The molecule has 0 aromatic rings. The van der Waals surface area contributed by atoms with Crippen LogP contribution in [0.15, 0.2) is 11.6 Å². The Morgan fingerprint density at radius 2 is 2.38 bits per heavy atom. The van der Waals surface area contributed by atoms with Gasteiger partial charge in [0.2, 0.25) is 0 Å². The maximum atomic E-state index is 10.8. The van der Waals surface area contributed by atoms with Crippen molar-refractivity contribution < 1.29 is 9.53 Å². The van der Waals surface area contributed by atoms with Gasteiger partial charge in [-0.1, -0.05) is 18.2 Å². The molecule has 0 saturated carbocycles. The first kappa shape index (κ1) is 12.8. The molecule has 0 spiro atoms. The quantitative estimate of drug-likeness (QED) is 0.546. The molecule has 3 nitrogen and oxygen atoms in total. The van der Waals surface area contributed by atoms with Crippen LogP contribution < -0.4 is 5.73 Å². The zero-order valence-corrected chi connectivity index (χ0v) is 9.16. The zero-order chi connectivity index (χ0) is 10.3. The number of nitrogens with two attached hydrogens (primary N) is 1. The van der Waals surface area contributed by atoms with Gasteiger partial charge in [0.05, 0.1) is 7.11 Å². The average Bonchev–Trinajstić information content (AvgIpc) is 2.10. The first-order valence-corrected chi connectivity index (χ1v) is 5.35. The Labute approximate surface area is 87.6 Å². The molecule has 0 radical (unpaired) electrons. The van der Waals surface area contributed by atoms with Crippen molar-refractivity contribution in [3.63, 3.8) is 0 Å². The van der Waals surface area contributed by atoms with Crippen molar-refractivity contribution in [2.45, 2.75) is 12.5 Å². The van der Waals surface area contributed by atoms with Gasteiger partial charge < -0.3 is 10.5 Å². The molecule has 5 heteroatoms. The van der Waals surface area contributed by atoms with Crippen LogP contribution in [0, 0.1) is 0 Å². The molecule has 0 heterocycles. The lowest BCUT2D eigenvalue weighted by Gasteiger charge is -2.07. The van der Waals surface area contributed by atoms with Crippen molar-refractivity contribution in [3.8, 4) is 0 Å². The van der Waals surface area contributed by atoms with E-state index in [-0.39, 0.29) is 5.97 Å². The lowest BCUT2D eigenvalue weighted by molar-refractivity contribution is -0.142. The molecule has 0 saturated heterocycles. The van der Waals surface area contributed by atoms with E-state index >= 15 is 0 Å². The van der Waals surface area contributed by atoms with Crippen LogP contribution in [-0.4, -0.2) is 30.6 Å². The van der Waals surface area contributed by atoms with Gasteiger partial charge in [-0.05, 0) is 12.2 Å². The minimum Gasteiger partial charge on any atom is -0.468 e. The van der Waals surface area contributed by atoms with Crippen LogP contribution in [0.1, 0.15) is 6.42 Å². The molecule has 0 aliphatic rings. The maximum Gasteiger partial charge on any atom is 0.322 e. The monoisotopic (exact) mass is 223 g/mol. The van der Waals surface area contributed by atoms with Crippen LogP contribution in [-0.2, 0) is 9.53 Å². The minimum absolute atomic E-state index is 0.370. The third-order valence-electron chi connectivity index (χ3n) is 1.34. The molecule has 76 valence electrons. The number of carbonyl (C=O) groups excluding carboxylic acids is 1. The first-order valence-electron chi connectivity index (χ1n) is 3.82. The van der Waals surface area contributed by atoms with Crippen molar-refractivity contribution in [3.05, 3.63) is 11.6 Å². The van der Waals surface area contributed by atoms with Crippen molar-refractivity contribution >= 4 is 29.3 Å². The Kier molecular flexibility index (Phi) is 7.13. The highest BCUT2D eigenvalue weighted by molar-refractivity contribution is 7.99. The summed E-state index contributed by atoms with van der Waals surface area (Å²) in [6, 6.07) is -0.527. The number of esters is 1. The van der Waals surface area contributed by atoms with Crippen LogP contribution in [0.4, 0.5) is 0 Å². The summed E-state index contributed by atoms with van der Waals surface area (Å²) in [6.07, 6.45) is 0.599. The Morgan fingerprint density at radius 1 is 1.77 bits per heavy atom. The number of hydrogen-bond acceptors (Lipinski definition) is 4. The molecule has 0 amide bonds. The summed E-state index contributed by atoms with van der Waals surface area (Å²) in [5, 5.41) is 0.608. The highest BCUT2D eigenvalue weighted by Gasteiger charge is 2.12. The Bertz CT molecular complexity index is 187. The van der Waals surface area contributed by atoms with Crippen molar-refractivity contribution in [2.24, 2.45) is 5.73 Å². The molecule has 1 unspecified atom stereocenters. The summed E-state index contributed by atoms with van der Waals surface area (Å²) in [5.41, 5.74) is 5.50. The highest BCUT2D eigenvalue weighted by Crippen LogP contribution is 2.11.